The molecule has 7 nitrogen and oxygen atoms in total. The minimum atomic E-state index is -1.69. The first-order valence-corrected chi connectivity index (χ1v) is 16.2. The first-order chi connectivity index (χ1) is 20.1. The summed E-state index contributed by atoms with van der Waals surface area (Å²) in [5.41, 5.74) is 1.91. The molecule has 0 saturated heterocycles. The third-order valence-electron chi connectivity index (χ3n) is 9.00. The topological polar surface area (TPSA) is 113 Å². The van der Waals surface area contributed by atoms with Crippen LogP contribution < -0.4 is 0 Å². The van der Waals surface area contributed by atoms with Gasteiger partial charge in [-0.05, 0) is 80.8 Å². The van der Waals surface area contributed by atoms with Gasteiger partial charge in [-0.2, -0.15) is 0 Å². The molecule has 246 valence electrons. The van der Waals surface area contributed by atoms with Crippen LogP contribution in [0.3, 0.4) is 0 Å². The van der Waals surface area contributed by atoms with Gasteiger partial charge in [0.1, 0.15) is 18.0 Å². The van der Waals surface area contributed by atoms with Gasteiger partial charge in [-0.3, -0.25) is 9.59 Å². The molecule has 1 unspecified atom stereocenters. The van der Waals surface area contributed by atoms with Crippen LogP contribution >= 0.6 is 0 Å². The summed E-state index contributed by atoms with van der Waals surface area (Å²) in [6.07, 6.45) is 8.95. The summed E-state index contributed by atoms with van der Waals surface area (Å²) in [6.45, 7) is 23.0. The highest BCUT2D eigenvalue weighted by molar-refractivity contribution is 5.80. The van der Waals surface area contributed by atoms with E-state index in [1.54, 1.807) is 13.8 Å². The Morgan fingerprint density at radius 3 is 2.30 bits per heavy atom. The first kappa shape index (κ1) is 39.0. The molecule has 0 fully saturated rings. The average molecular weight is 605 g/mol. The highest BCUT2D eigenvalue weighted by Gasteiger charge is 2.40. The summed E-state index contributed by atoms with van der Waals surface area (Å²) in [5.74, 6) is -2.68. The van der Waals surface area contributed by atoms with Crippen molar-refractivity contribution in [3.05, 3.63) is 48.6 Å². The third kappa shape index (κ3) is 12.8. The van der Waals surface area contributed by atoms with E-state index in [0.29, 0.717) is 19.3 Å². The highest BCUT2D eigenvalue weighted by Crippen LogP contribution is 2.35. The predicted octanol–water partition coefficient (Wildman–Crippen LogP) is 6.86. The zero-order chi connectivity index (χ0) is 32.9. The number of hydrogen-bond acceptors (Lipinski definition) is 7. The van der Waals surface area contributed by atoms with Gasteiger partial charge in [-0.25, -0.2) is 0 Å². The minimum Gasteiger partial charge on any atom is -0.462 e. The summed E-state index contributed by atoms with van der Waals surface area (Å²) in [6, 6.07) is 0. The lowest BCUT2D eigenvalue weighted by atomic mass is 9.79. The summed E-state index contributed by atoms with van der Waals surface area (Å²) < 4.78 is 12.2. The number of aliphatic hydroxyl groups excluding tert-OH is 2. The maximum atomic E-state index is 13.4. The van der Waals surface area contributed by atoms with Crippen molar-refractivity contribution in [3.63, 3.8) is 0 Å². The molecule has 7 heteroatoms. The Morgan fingerprint density at radius 1 is 1.09 bits per heavy atom. The van der Waals surface area contributed by atoms with Crippen LogP contribution in [0.5, 0.6) is 0 Å². The highest BCUT2D eigenvalue weighted by atomic mass is 16.6. The molecule has 0 saturated carbocycles. The number of Topliss-reactive ketones (excluding diaryl/α,β-unsaturated/α-hetero) is 1. The third-order valence-corrected chi connectivity index (χ3v) is 9.00. The number of esters is 1. The number of carbonyl (C=O) groups is 2. The molecule has 1 rings (SSSR count). The summed E-state index contributed by atoms with van der Waals surface area (Å²) >= 11 is 0. The quantitative estimate of drug-likeness (QED) is 0.0790. The minimum absolute atomic E-state index is 0.00702. The lowest BCUT2D eigenvalue weighted by Crippen LogP contribution is -2.44. The van der Waals surface area contributed by atoms with Crippen molar-refractivity contribution in [2.75, 3.05) is 0 Å². The van der Waals surface area contributed by atoms with Crippen molar-refractivity contribution in [2.24, 2.45) is 29.6 Å². The zero-order valence-electron chi connectivity index (χ0n) is 28.1. The summed E-state index contributed by atoms with van der Waals surface area (Å²) in [7, 11) is 0. The normalized spacial score (nSPS) is 24.9. The Labute approximate surface area is 261 Å². The molecule has 0 aromatic carbocycles. The van der Waals surface area contributed by atoms with Crippen molar-refractivity contribution >= 4 is 11.8 Å². The average Bonchev–Trinajstić information content (AvgIpc) is 2.97. The van der Waals surface area contributed by atoms with Crippen LogP contribution in [-0.4, -0.2) is 57.3 Å². The molecular formula is C36H60O7. The van der Waals surface area contributed by atoms with Crippen molar-refractivity contribution in [2.45, 2.75) is 137 Å². The first-order valence-electron chi connectivity index (χ1n) is 16.2. The Kier molecular flexibility index (Phi) is 16.9. The molecule has 0 aliphatic carbocycles. The number of aliphatic hydroxyl groups is 3. The molecule has 0 aromatic heterocycles. The Bertz CT molecular complexity index is 969. The standard InChI is InChI=1S/C36H60O7/c1-11-23(4)20-27(8)34(28(9)21-26(7)33(40)29(10)31(38)13-3)42-32(39)22-36(41)19-18-25(6)35(43-36)24(5)16-14-15-17-30(37)12-2/h11-12,16,18,23,26-30,33-35,37,40-41H,1-2,13-15,17,19-22H2,3-10H3/b24-16+/t23-,26+,27+,28+,29+,30-,33-,34-,35+,36?/m0/s1. The molecule has 0 amide bonds. The van der Waals surface area contributed by atoms with Crippen molar-refractivity contribution in [1.82, 2.24) is 0 Å². The number of ether oxygens (including phenoxy) is 2. The lowest BCUT2D eigenvalue weighted by Gasteiger charge is -2.38. The van der Waals surface area contributed by atoms with Gasteiger partial charge >= 0.3 is 5.97 Å². The Hall–Kier alpha value is -2.06. The Morgan fingerprint density at radius 2 is 1.72 bits per heavy atom. The summed E-state index contributed by atoms with van der Waals surface area (Å²) in [4.78, 5) is 25.6. The fourth-order valence-electron chi connectivity index (χ4n) is 6.13. The van der Waals surface area contributed by atoms with Crippen molar-refractivity contribution < 1.29 is 34.4 Å². The predicted molar refractivity (Wildman–Crippen MR) is 173 cm³/mol. The van der Waals surface area contributed by atoms with Gasteiger partial charge < -0.3 is 24.8 Å². The maximum Gasteiger partial charge on any atom is 0.311 e. The maximum absolute atomic E-state index is 13.4. The van der Waals surface area contributed by atoms with Crippen LogP contribution in [0.2, 0.25) is 0 Å². The van der Waals surface area contributed by atoms with E-state index in [1.165, 1.54) is 6.08 Å². The van der Waals surface area contributed by atoms with E-state index in [4.69, 9.17) is 9.47 Å². The van der Waals surface area contributed by atoms with E-state index in [2.05, 4.69) is 27.0 Å². The molecular weight excluding hydrogens is 544 g/mol. The van der Waals surface area contributed by atoms with E-state index >= 15 is 0 Å². The van der Waals surface area contributed by atoms with E-state index in [-0.39, 0.29) is 42.3 Å². The van der Waals surface area contributed by atoms with Gasteiger partial charge in [0.05, 0.1) is 18.6 Å². The van der Waals surface area contributed by atoms with Gasteiger partial charge in [0, 0.05) is 18.8 Å². The molecule has 1 aliphatic rings. The van der Waals surface area contributed by atoms with Crippen molar-refractivity contribution in [1.29, 1.82) is 0 Å². The second kappa shape index (κ2) is 18.7. The monoisotopic (exact) mass is 604 g/mol. The number of unbranched alkanes of at least 4 members (excludes halogenated alkanes) is 1. The van der Waals surface area contributed by atoms with Crippen LogP contribution in [0.25, 0.3) is 0 Å². The molecule has 43 heavy (non-hydrogen) atoms. The van der Waals surface area contributed by atoms with Crippen LogP contribution in [0.4, 0.5) is 0 Å². The molecule has 3 N–H and O–H groups in total. The lowest BCUT2D eigenvalue weighted by molar-refractivity contribution is -0.229. The number of hydrogen-bond donors (Lipinski definition) is 3. The van der Waals surface area contributed by atoms with E-state index < -0.39 is 42.1 Å². The summed E-state index contributed by atoms with van der Waals surface area (Å²) in [5, 5.41) is 31.9. The fourth-order valence-corrected chi connectivity index (χ4v) is 6.13. The van der Waals surface area contributed by atoms with E-state index in [1.807, 2.05) is 45.9 Å². The van der Waals surface area contributed by atoms with Gasteiger partial charge in [0.25, 0.3) is 0 Å². The van der Waals surface area contributed by atoms with Crippen LogP contribution in [0, 0.1) is 29.6 Å². The van der Waals surface area contributed by atoms with Crippen molar-refractivity contribution in [3.8, 4) is 0 Å². The van der Waals surface area contributed by atoms with Gasteiger partial charge in [-0.1, -0.05) is 65.8 Å². The number of allylic oxidation sites excluding steroid dienone is 2. The number of rotatable bonds is 20. The fraction of sp³-hybridized carbons (Fsp3) is 0.722. The zero-order valence-corrected chi connectivity index (χ0v) is 28.1. The second-order valence-corrected chi connectivity index (χ2v) is 13.1. The largest absolute Gasteiger partial charge is 0.462 e. The Balaban J connectivity index is 3.00. The van der Waals surface area contributed by atoms with Crippen LogP contribution in [0.1, 0.15) is 107 Å². The molecule has 0 spiro atoms. The molecule has 0 bridgehead atoms. The molecule has 1 heterocycles. The molecule has 1 aliphatic heterocycles. The van der Waals surface area contributed by atoms with Gasteiger partial charge in [-0.15, -0.1) is 13.2 Å². The molecule has 10 atom stereocenters. The number of carbonyl (C=O) groups excluding carboxylic acids is 2. The van der Waals surface area contributed by atoms with Gasteiger partial charge in [0.2, 0.25) is 0 Å². The smallest absolute Gasteiger partial charge is 0.311 e. The van der Waals surface area contributed by atoms with Crippen LogP contribution in [0.15, 0.2) is 48.6 Å². The van der Waals surface area contributed by atoms with Crippen LogP contribution in [-0.2, 0) is 19.1 Å². The van der Waals surface area contributed by atoms with E-state index in [0.717, 1.165) is 30.4 Å². The SMILES string of the molecule is C=C[C@H](C)C[C@@H](C)[C@H](OC(=O)CC1(O)CC=C(C)[C@@H](/C(C)=C/CCC[C@@H](O)C=C)O1)[C@H](C)C[C@@H](C)[C@H](O)[C@H](C)C(=O)CC. The molecule has 0 aromatic rings. The number of ketones is 1. The molecule has 0 radical (unpaired) electrons. The van der Waals surface area contributed by atoms with E-state index in [9.17, 15) is 24.9 Å². The second-order valence-electron chi connectivity index (χ2n) is 13.1. The van der Waals surface area contributed by atoms with Gasteiger partial charge in [0.15, 0.2) is 5.79 Å².